The van der Waals surface area contributed by atoms with Gasteiger partial charge in [-0.05, 0) is 56.5 Å². The minimum absolute atomic E-state index is 0.0601. The first-order valence-electron chi connectivity index (χ1n) is 14.3. The number of nitrogens with zero attached hydrogens (tertiary/aromatic N) is 3. The molecule has 222 valence electrons. The number of alkyl halides is 1. The van der Waals surface area contributed by atoms with E-state index in [-0.39, 0.29) is 41.0 Å². The average molecular weight is 653 g/mol. The fourth-order valence-corrected chi connectivity index (χ4v) is 10.6. The molecule has 0 radical (unpaired) electrons. The topological polar surface area (TPSA) is 81.2 Å². The van der Waals surface area contributed by atoms with E-state index in [9.17, 15) is 19.5 Å². The summed E-state index contributed by atoms with van der Waals surface area (Å²) in [4.78, 5) is 48.6. The number of fused-ring (bicyclic) bond motifs is 1. The first-order chi connectivity index (χ1) is 20.1. The molecule has 2 aromatic carbocycles. The normalized spacial score (nSPS) is 28.4. The first kappa shape index (κ1) is 30.6. The minimum atomic E-state index is -0.852. The number of aryl methyl sites for hydroxylation is 2. The fourth-order valence-electron chi connectivity index (χ4n) is 7.02. The summed E-state index contributed by atoms with van der Waals surface area (Å²) in [6.07, 6.45) is 3.94. The van der Waals surface area contributed by atoms with Crippen LogP contribution in [0, 0.1) is 25.7 Å². The van der Waals surface area contributed by atoms with Crippen LogP contribution in [0.1, 0.15) is 24.5 Å². The Morgan fingerprint density at radius 1 is 1.12 bits per heavy atom. The van der Waals surface area contributed by atoms with Crippen molar-refractivity contribution in [1.82, 2.24) is 4.90 Å². The molecule has 0 aliphatic carbocycles. The number of likely N-dealkylation sites (tertiary alicyclic amines) is 1. The van der Waals surface area contributed by atoms with Crippen LogP contribution in [0.15, 0.2) is 73.8 Å². The van der Waals surface area contributed by atoms with Gasteiger partial charge in [0.2, 0.25) is 11.8 Å². The van der Waals surface area contributed by atoms with Gasteiger partial charge in [-0.2, -0.15) is 0 Å². The quantitative estimate of drug-likeness (QED) is 0.292. The number of thioether (sulfide) groups is 1. The number of benzene rings is 2. The Labute approximate surface area is 260 Å². The van der Waals surface area contributed by atoms with Gasteiger partial charge in [0.15, 0.2) is 0 Å². The summed E-state index contributed by atoms with van der Waals surface area (Å²) in [7, 11) is 0. The van der Waals surface area contributed by atoms with Gasteiger partial charge >= 0.3 is 0 Å². The van der Waals surface area contributed by atoms with E-state index < -0.39 is 28.7 Å². The van der Waals surface area contributed by atoms with Crippen LogP contribution in [-0.4, -0.2) is 74.3 Å². The smallest absolute Gasteiger partial charge is 0.251 e. The molecule has 2 bridgehead atoms. The van der Waals surface area contributed by atoms with Crippen LogP contribution in [-0.2, 0) is 14.4 Å². The number of halogens is 1. The highest BCUT2D eigenvalue weighted by molar-refractivity contribution is 9.09. The fraction of sp³-hybridized carbons (Fsp3) is 0.424. The Kier molecular flexibility index (Phi) is 8.75. The van der Waals surface area contributed by atoms with Crippen molar-refractivity contribution in [2.24, 2.45) is 11.8 Å². The summed E-state index contributed by atoms with van der Waals surface area (Å²) in [5.74, 6) is -1.94. The Morgan fingerprint density at radius 2 is 1.79 bits per heavy atom. The molecule has 5 rings (SSSR count). The zero-order chi connectivity index (χ0) is 30.3. The molecule has 42 heavy (non-hydrogen) atoms. The van der Waals surface area contributed by atoms with Gasteiger partial charge < -0.3 is 19.8 Å². The van der Waals surface area contributed by atoms with Gasteiger partial charge in [0, 0.05) is 34.5 Å². The molecule has 3 unspecified atom stereocenters. The lowest BCUT2D eigenvalue weighted by molar-refractivity contribution is -0.141. The van der Waals surface area contributed by atoms with Gasteiger partial charge in [0.05, 0.1) is 29.2 Å². The monoisotopic (exact) mass is 651 g/mol. The Balaban J connectivity index is 1.62. The van der Waals surface area contributed by atoms with Crippen molar-refractivity contribution >= 4 is 56.8 Å². The summed E-state index contributed by atoms with van der Waals surface area (Å²) in [6, 6.07) is 13.9. The van der Waals surface area contributed by atoms with Gasteiger partial charge in [-0.25, -0.2) is 0 Å². The molecule has 0 aromatic heterocycles. The number of para-hydroxylation sites is 1. The zero-order valence-electron chi connectivity index (χ0n) is 24.3. The van der Waals surface area contributed by atoms with Crippen LogP contribution in [0.3, 0.4) is 0 Å². The van der Waals surface area contributed by atoms with Gasteiger partial charge in [0.1, 0.15) is 6.04 Å². The van der Waals surface area contributed by atoms with E-state index in [2.05, 4.69) is 29.1 Å². The molecular formula is C33H38BrN3O4S. The molecule has 0 saturated carbocycles. The summed E-state index contributed by atoms with van der Waals surface area (Å²) in [6.45, 7) is 13.8. The highest BCUT2D eigenvalue weighted by Crippen LogP contribution is 2.68. The van der Waals surface area contributed by atoms with E-state index in [0.717, 1.165) is 22.5 Å². The molecule has 1 spiro atoms. The number of aliphatic hydroxyl groups excluding tert-OH is 1. The van der Waals surface area contributed by atoms with Crippen LogP contribution in [0.2, 0.25) is 0 Å². The Bertz CT molecular complexity index is 1400. The molecule has 7 nitrogen and oxygen atoms in total. The second-order valence-electron chi connectivity index (χ2n) is 11.5. The van der Waals surface area contributed by atoms with Crippen molar-refractivity contribution in [2.75, 3.05) is 29.5 Å². The van der Waals surface area contributed by atoms with E-state index >= 15 is 0 Å². The van der Waals surface area contributed by atoms with Crippen LogP contribution >= 0.6 is 27.7 Å². The van der Waals surface area contributed by atoms with Crippen molar-refractivity contribution < 1.29 is 19.5 Å². The number of aliphatic hydroxyl groups is 1. The van der Waals surface area contributed by atoms with Gasteiger partial charge in [-0.15, -0.1) is 24.9 Å². The van der Waals surface area contributed by atoms with Gasteiger partial charge in [-0.3, -0.25) is 14.4 Å². The van der Waals surface area contributed by atoms with E-state index in [4.69, 9.17) is 0 Å². The largest absolute Gasteiger partial charge is 0.394 e. The molecule has 3 aliphatic heterocycles. The van der Waals surface area contributed by atoms with Crippen LogP contribution in [0.25, 0.3) is 0 Å². The summed E-state index contributed by atoms with van der Waals surface area (Å²) >= 11 is 5.45. The third kappa shape index (κ3) is 4.83. The molecule has 9 heteroatoms. The Morgan fingerprint density at radius 3 is 2.43 bits per heavy atom. The number of carbonyl (C=O) groups is 3. The van der Waals surface area contributed by atoms with E-state index in [1.165, 1.54) is 0 Å². The molecule has 1 N–H and O–H groups in total. The van der Waals surface area contributed by atoms with Crippen molar-refractivity contribution in [1.29, 1.82) is 0 Å². The van der Waals surface area contributed by atoms with E-state index in [1.807, 2.05) is 62.4 Å². The molecule has 3 heterocycles. The van der Waals surface area contributed by atoms with Crippen molar-refractivity contribution in [3.63, 3.8) is 0 Å². The van der Waals surface area contributed by atoms with Gasteiger partial charge in [-0.1, -0.05) is 58.4 Å². The number of rotatable bonds is 10. The number of hydrogen-bond donors (Lipinski definition) is 1. The zero-order valence-corrected chi connectivity index (χ0v) is 26.7. The van der Waals surface area contributed by atoms with Gasteiger partial charge in [0.25, 0.3) is 5.91 Å². The number of carbonyl (C=O) groups excluding carboxylic acids is 3. The van der Waals surface area contributed by atoms with Crippen LogP contribution in [0.5, 0.6) is 0 Å². The van der Waals surface area contributed by atoms with Crippen LogP contribution in [0.4, 0.5) is 11.4 Å². The summed E-state index contributed by atoms with van der Waals surface area (Å²) in [5, 5.41) is 10.1. The average Bonchev–Trinajstić information content (AvgIpc) is 3.58. The highest BCUT2D eigenvalue weighted by Gasteiger charge is 2.76. The summed E-state index contributed by atoms with van der Waals surface area (Å²) < 4.78 is -0.829. The lowest BCUT2D eigenvalue weighted by Crippen LogP contribution is -2.57. The van der Waals surface area contributed by atoms with E-state index in [0.29, 0.717) is 13.0 Å². The lowest BCUT2D eigenvalue weighted by Gasteiger charge is -2.39. The van der Waals surface area contributed by atoms with E-state index in [1.54, 1.807) is 45.5 Å². The molecule has 3 fully saturated rings. The maximum absolute atomic E-state index is 14.8. The van der Waals surface area contributed by atoms with Crippen molar-refractivity contribution in [3.05, 3.63) is 85.0 Å². The predicted molar refractivity (Wildman–Crippen MR) is 173 cm³/mol. The Hall–Kier alpha value is -2.88. The van der Waals surface area contributed by atoms with Crippen molar-refractivity contribution in [3.8, 4) is 0 Å². The number of hydrogen-bond acceptors (Lipinski definition) is 5. The second-order valence-corrected chi connectivity index (χ2v) is 14.3. The predicted octanol–water partition coefficient (Wildman–Crippen LogP) is 4.89. The molecule has 2 aromatic rings. The highest BCUT2D eigenvalue weighted by atomic mass is 79.9. The maximum atomic E-state index is 14.8. The van der Waals surface area contributed by atoms with Crippen molar-refractivity contribution in [2.45, 2.75) is 54.1 Å². The maximum Gasteiger partial charge on any atom is 0.251 e. The number of anilines is 2. The lowest BCUT2D eigenvalue weighted by atomic mass is 9.70. The second kappa shape index (κ2) is 12.0. The third-order valence-electron chi connectivity index (χ3n) is 8.86. The first-order valence-corrected chi connectivity index (χ1v) is 16.1. The van der Waals surface area contributed by atoms with Crippen LogP contribution < -0.4 is 9.80 Å². The SMILES string of the molecule is C=CCN(C(=O)[C@H]1[C@@H]2SC3(CC2Br)C(C(=O)N(CC=C)c2cc(C)ccc2C)N([C@H](C)CO)C(=O)[C@H]13)c1ccccc1. The molecule has 3 amide bonds. The number of amides is 3. The standard InChI is InChI=1S/C33H38BrN3O4S/c1-6-15-35(23-11-9-8-10-12-23)30(39)26-27-31(40)37(22(5)19-38)29(33(27)18-24(34)28(26)42-33)32(41)36(16-7-2)25-17-20(3)13-14-21(25)4/h6-14,17,22,24,26-29,38H,1-2,15-16,18-19H2,3-5H3/t22-,24?,26-,27+,28-,29?,33?/m1/s1. The third-order valence-corrected chi connectivity index (χ3v) is 12.1. The molecule has 7 atom stereocenters. The minimum Gasteiger partial charge on any atom is -0.394 e. The molecular weight excluding hydrogens is 614 g/mol. The molecule has 3 aliphatic rings. The molecule has 3 saturated heterocycles. The summed E-state index contributed by atoms with van der Waals surface area (Å²) in [5.41, 5.74) is 3.46.